The molecule has 6 heteroatoms. The molecule has 1 atom stereocenters. The minimum absolute atomic E-state index is 0.0240. The van der Waals surface area contributed by atoms with Gasteiger partial charge in [-0.15, -0.1) is 0 Å². The van der Waals surface area contributed by atoms with Crippen molar-refractivity contribution in [1.82, 2.24) is 19.7 Å². The van der Waals surface area contributed by atoms with Crippen LogP contribution in [0.15, 0.2) is 48.7 Å². The number of carbonyl (C=O) groups excluding carboxylic acids is 1. The van der Waals surface area contributed by atoms with Crippen molar-refractivity contribution in [2.45, 2.75) is 52.1 Å². The number of likely N-dealkylation sites (tertiary alicyclic amines) is 1. The highest BCUT2D eigenvalue weighted by atomic mass is 19.1. The zero-order chi connectivity index (χ0) is 21.1. The normalized spacial score (nSPS) is 16.6. The van der Waals surface area contributed by atoms with Crippen molar-refractivity contribution in [1.29, 1.82) is 0 Å². The molecule has 2 aromatic heterocycles. The maximum absolute atomic E-state index is 13.3. The number of nitrogens with zero attached hydrogens (tertiary/aromatic N) is 4. The van der Waals surface area contributed by atoms with Crippen LogP contribution in [0.25, 0.3) is 11.1 Å². The predicted octanol–water partition coefficient (Wildman–Crippen LogP) is 4.84. The van der Waals surface area contributed by atoms with Gasteiger partial charge in [0.05, 0.1) is 11.7 Å². The number of carbonyl (C=O) groups is 1. The van der Waals surface area contributed by atoms with Crippen LogP contribution in [-0.2, 0) is 11.3 Å². The molecule has 30 heavy (non-hydrogen) atoms. The van der Waals surface area contributed by atoms with Gasteiger partial charge in [-0.25, -0.2) is 4.39 Å². The predicted molar refractivity (Wildman–Crippen MR) is 114 cm³/mol. The highest BCUT2D eigenvalue weighted by molar-refractivity contribution is 5.77. The van der Waals surface area contributed by atoms with E-state index in [1.54, 1.807) is 18.3 Å². The molecule has 1 amide bonds. The molecule has 5 nitrogen and oxygen atoms in total. The topological polar surface area (TPSA) is 51.0 Å². The van der Waals surface area contributed by atoms with Gasteiger partial charge in [-0.3, -0.25) is 14.5 Å². The van der Waals surface area contributed by atoms with Crippen LogP contribution in [0.2, 0.25) is 0 Å². The molecule has 1 aliphatic rings. The lowest BCUT2D eigenvalue weighted by Gasteiger charge is -2.36. The van der Waals surface area contributed by atoms with E-state index >= 15 is 0 Å². The fourth-order valence-electron chi connectivity index (χ4n) is 4.19. The van der Waals surface area contributed by atoms with Gasteiger partial charge in [-0.2, -0.15) is 5.10 Å². The second-order valence-corrected chi connectivity index (χ2v) is 7.97. The summed E-state index contributed by atoms with van der Waals surface area (Å²) in [6.45, 7) is 5.30. The molecule has 4 rings (SSSR count). The van der Waals surface area contributed by atoms with Crippen molar-refractivity contribution < 1.29 is 9.18 Å². The Hall–Kier alpha value is -3.02. The summed E-state index contributed by atoms with van der Waals surface area (Å²) in [7, 11) is 0. The SMILES string of the molecule is Cc1cc(-c2ccc(F)cc2)cc(C2CCCCN2C(=O)CCn2nccc2C)n1. The van der Waals surface area contributed by atoms with Crippen molar-refractivity contribution >= 4 is 5.91 Å². The lowest BCUT2D eigenvalue weighted by atomic mass is 9.95. The summed E-state index contributed by atoms with van der Waals surface area (Å²) in [6.07, 6.45) is 5.19. The number of pyridine rings is 1. The van der Waals surface area contributed by atoms with Crippen LogP contribution in [0.5, 0.6) is 0 Å². The summed E-state index contributed by atoms with van der Waals surface area (Å²) in [4.78, 5) is 19.8. The number of amides is 1. The first-order valence-electron chi connectivity index (χ1n) is 10.5. The first kappa shape index (κ1) is 20.3. The number of piperidine rings is 1. The van der Waals surface area contributed by atoms with Crippen molar-refractivity contribution in [2.24, 2.45) is 0 Å². The van der Waals surface area contributed by atoms with Gasteiger partial charge in [-0.1, -0.05) is 12.1 Å². The van der Waals surface area contributed by atoms with Crippen molar-refractivity contribution in [2.75, 3.05) is 6.54 Å². The van der Waals surface area contributed by atoms with Crippen LogP contribution in [-0.4, -0.2) is 32.1 Å². The maximum atomic E-state index is 13.3. The first-order valence-corrected chi connectivity index (χ1v) is 10.5. The number of rotatable bonds is 5. The average Bonchev–Trinajstić information content (AvgIpc) is 3.17. The molecular formula is C24H27FN4O. The van der Waals surface area contributed by atoms with Crippen LogP contribution in [0.4, 0.5) is 4.39 Å². The molecule has 1 fully saturated rings. The Morgan fingerprint density at radius 2 is 1.90 bits per heavy atom. The number of aryl methyl sites for hydroxylation is 3. The monoisotopic (exact) mass is 406 g/mol. The molecule has 0 bridgehead atoms. The van der Waals surface area contributed by atoms with Crippen LogP contribution in [0, 0.1) is 19.7 Å². The van der Waals surface area contributed by atoms with E-state index in [1.807, 2.05) is 41.6 Å². The number of hydrogen-bond acceptors (Lipinski definition) is 3. The molecule has 0 radical (unpaired) electrons. The van der Waals surface area contributed by atoms with Crippen molar-refractivity contribution in [3.63, 3.8) is 0 Å². The summed E-state index contributed by atoms with van der Waals surface area (Å²) in [5, 5.41) is 4.28. The summed E-state index contributed by atoms with van der Waals surface area (Å²) in [5.41, 5.74) is 4.82. The number of hydrogen-bond donors (Lipinski definition) is 0. The maximum Gasteiger partial charge on any atom is 0.224 e. The molecule has 156 valence electrons. The van der Waals surface area contributed by atoms with Crippen LogP contribution >= 0.6 is 0 Å². The Bertz CT molecular complexity index is 1030. The Kier molecular flexibility index (Phi) is 5.93. The quantitative estimate of drug-likeness (QED) is 0.609. The molecule has 1 saturated heterocycles. The Balaban J connectivity index is 1.57. The standard InChI is InChI=1S/C24H27FN4O/c1-17-15-20(19-6-8-21(25)9-7-19)16-22(27-17)23-5-3-4-13-28(23)24(30)11-14-29-18(2)10-12-26-29/h6-10,12,15-16,23H,3-5,11,13-14H2,1-2H3. The smallest absolute Gasteiger partial charge is 0.224 e. The first-order chi connectivity index (χ1) is 14.5. The van der Waals surface area contributed by atoms with Gasteiger partial charge in [0.15, 0.2) is 0 Å². The van der Waals surface area contributed by atoms with E-state index in [0.29, 0.717) is 13.0 Å². The fourth-order valence-corrected chi connectivity index (χ4v) is 4.19. The van der Waals surface area contributed by atoms with Gasteiger partial charge in [0.1, 0.15) is 5.82 Å². The number of aromatic nitrogens is 3. The van der Waals surface area contributed by atoms with Crippen LogP contribution in [0.1, 0.15) is 48.8 Å². The largest absolute Gasteiger partial charge is 0.334 e. The van der Waals surface area contributed by atoms with Gasteiger partial charge in [0, 0.05) is 37.1 Å². The van der Waals surface area contributed by atoms with Gasteiger partial charge in [0.25, 0.3) is 0 Å². The molecule has 3 aromatic rings. The zero-order valence-electron chi connectivity index (χ0n) is 17.5. The molecular weight excluding hydrogens is 379 g/mol. The van der Waals surface area contributed by atoms with E-state index in [4.69, 9.17) is 4.98 Å². The summed E-state index contributed by atoms with van der Waals surface area (Å²) in [6, 6.07) is 12.5. The molecule has 1 aromatic carbocycles. The third-order valence-electron chi connectivity index (χ3n) is 5.78. The van der Waals surface area contributed by atoms with E-state index in [1.165, 1.54) is 12.1 Å². The van der Waals surface area contributed by atoms with E-state index in [2.05, 4.69) is 5.10 Å². The average molecular weight is 407 g/mol. The highest BCUT2D eigenvalue weighted by Crippen LogP contribution is 2.33. The second-order valence-electron chi connectivity index (χ2n) is 7.97. The molecule has 1 unspecified atom stereocenters. The molecule has 0 N–H and O–H groups in total. The third kappa shape index (κ3) is 4.42. The summed E-state index contributed by atoms with van der Waals surface area (Å²) >= 11 is 0. The molecule has 1 aliphatic heterocycles. The van der Waals surface area contributed by atoms with E-state index in [9.17, 15) is 9.18 Å². The second kappa shape index (κ2) is 8.78. The van der Waals surface area contributed by atoms with E-state index in [0.717, 1.165) is 54.0 Å². The Morgan fingerprint density at radius 3 is 2.63 bits per heavy atom. The number of halogens is 1. The van der Waals surface area contributed by atoms with Crippen molar-refractivity contribution in [3.05, 3.63) is 71.6 Å². The fraction of sp³-hybridized carbons (Fsp3) is 0.375. The lowest BCUT2D eigenvalue weighted by molar-refractivity contribution is -0.135. The molecule has 0 aliphatic carbocycles. The van der Waals surface area contributed by atoms with Gasteiger partial charge < -0.3 is 4.90 Å². The lowest BCUT2D eigenvalue weighted by Crippen LogP contribution is -2.39. The Labute approximate surface area is 176 Å². The van der Waals surface area contributed by atoms with E-state index in [-0.39, 0.29) is 17.8 Å². The zero-order valence-corrected chi connectivity index (χ0v) is 17.5. The Morgan fingerprint density at radius 1 is 1.10 bits per heavy atom. The molecule has 0 saturated carbocycles. The third-order valence-corrected chi connectivity index (χ3v) is 5.78. The van der Waals surface area contributed by atoms with E-state index < -0.39 is 0 Å². The minimum Gasteiger partial charge on any atom is -0.334 e. The van der Waals surface area contributed by atoms with Gasteiger partial charge >= 0.3 is 0 Å². The van der Waals surface area contributed by atoms with Gasteiger partial charge in [0.2, 0.25) is 5.91 Å². The summed E-state index contributed by atoms with van der Waals surface area (Å²) < 4.78 is 15.2. The molecule has 0 spiro atoms. The number of benzene rings is 1. The van der Waals surface area contributed by atoms with Crippen LogP contribution < -0.4 is 0 Å². The molecule has 3 heterocycles. The summed E-state index contributed by atoms with van der Waals surface area (Å²) in [5.74, 6) is -0.109. The highest BCUT2D eigenvalue weighted by Gasteiger charge is 2.29. The minimum atomic E-state index is -0.249. The van der Waals surface area contributed by atoms with Gasteiger partial charge in [-0.05, 0) is 74.6 Å². The van der Waals surface area contributed by atoms with Crippen molar-refractivity contribution in [3.8, 4) is 11.1 Å². The van der Waals surface area contributed by atoms with Crippen LogP contribution in [0.3, 0.4) is 0 Å².